The van der Waals surface area contributed by atoms with E-state index >= 15 is 0 Å². The van der Waals surface area contributed by atoms with Crippen LogP contribution in [0.1, 0.15) is 26.3 Å². The molecule has 2 N–H and O–H groups in total. The van der Waals surface area contributed by atoms with Gasteiger partial charge in [-0.3, -0.25) is 0 Å². The minimum Gasteiger partial charge on any atom is -0.444 e. The maximum atomic E-state index is 12.0. The Hall–Kier alpha value is -1.14. The Balaban J connectivity index is 2.72. The highest BCUT2D eigenvalue weighted by Gasteiger charge is 2.21. The molecule has 106 valence electrons. The lowest BCUT2D eigenvalue weighted by Gasteiger charge is -2.27. The highest BCUT2D eigenvalue weighted by molar-refractivity contribution is 9.10. The third-order valence-corrected chi connectivity index (χ3v) is 2.68. The molecule has 1 aromatic heterocycles. The zero-order valence-corrected chi connectivity index (χ0v) is 13.1. The van der Waals surface area contributed by atoms with Crippen LogP contribution in [-0.4, -0.2) is 34.7 Å². The van der Waals surface area contributed by atoms with E-state index in [1.807, 2.05) is 32.9 Å². The number of aromatic nitrogens is 1. The molecule has 0 aliphatic rings. The van der Waals surface area contributed by atoms with E-state index in [0.29, 0.717) is 19.6 Å². The predicted octanol–water partition coefficient (Wildman–Crippen LogP) is 2.54. The molecule has 0 aliphatic carbocycles. The first-order valence-electron chi connectivity index (χ1n) is 6.10. The SMILES string of the molecule is CC(C)(C)OC(=O)N(CCN)Cc1ccc(Br)nc1. The molecule has 5 nitrogen and oxygen atoms in total. The lowest BCUT2D eigenvalue weighted by atomic mass is 10.2. The molecule has 1 heterocycles. The highest BCUT2D eigenvalue weighted by atomic mass is 79.9. The molecular formula is C13H20BrN3O2. The second-order valence-electron chi connectivity index (χ2n) is 5.18. The molecule has 0 saturated heterocycles. The van der Waals surface area contributed by atoms with E-state index < -0.39 is 5.60 Å². The van der Waals surface area contributed by atoms with Gasteiger partial charge in [0.2, 0.25) is 0 Å². The van der Waals surface area contributed by atoms with Crippen LogP contribution in [0.25, 0.3) is 0 Å². The molecule has 0 fully saturated rings. The van der Waals surface area contributed by atoms with Crippen molar-refractivity contribution >= 4 is 22.0 Å². The van der Waals surface area contributed by atoms with E-state index in [9.17, 15) is 4.79 Å². The standard InChI is InChI=1S/C13H20BrN3O2/c1-13(2,3)19-12(18)17(7-6-15)9-10-4-5-11(14)16-8-10/h4-5,8H,6-7,9,15H2,1-3H3. The number of carbonyl (C=O) groups excluding carboxylic acids is 1. The number of ether oxygens (including phenoxy) is 1. The average Bonchev–Trinajstić information content (AvgIpc) is 2.29. The van der Waals surface area contributed by atoms with Crippen molar-refractivity contribution < 1.29 is 9.53 Å². The number of nitrogens with two attached hydrogens (primary N) is 1. The summed E-state index contributed by atoms with van der Waals surface area (Å²) in [6.45, 7) is 6.80. The number of hydrogen-bond donors (Lipinski definition) is 1. The fraction of sp³-hybridized carbons (Fsp3) is 0.538. The van der Waals surface area contributed by atoms with Gasteiger partial charge in [0, 0.05) is 19.3 Å². The van der Waals surface area contributed by atoms with Crippen molar-refractivity contribution in [3.63, 3.8) is 0 Å². The summed E-state index contributed by atoms with van der Waals surface area (Å²) in [5.74, 6) is 0. The van der Waals surface area contributed by atoms with Crippen LogP contribution in [0.2, 0.25) is 0 Å². The molecule has 1 amide bonds. The topological polar surface area (TPSA) is 68.5 Å². The van der Waals surface area contributed by atoms with Gasteiger partial charge in [-0.25, -0.2) is 9.78 Å². The van der Waals surface area contributed by atoms with Gasteiger partial charge in [-0.15, -0.1) is 0 Å². The molecule has 1 aromatic rings. The van der Waals surface area contributed by atoms with Crippen LogP contribution in [0.4, 0.5) is 4.79 Å². The zero-order chi connectivity index (χ0) is 14.5. The average molecular weight is 330 g/mol. The van der Waals surface area contributed by atoms with Crippen LogP contribution in [-0.2, 0) is 11.3 Å². The first-order valence-corrected chi connectivity index (χ1v) is 6.89. The first-order chi connectivity index (χ1) is 8.81. The molecule has 0 atom stereocenters. The molecule has 0 saturated carbocycles. The molecule has 1 rings (SSSR count). The Labute approximate surface area is 122 Å². The first kappa shape index (κ1) is 15.9. The fourth-order valence-electron chi connectivity index (χ4n) is 1.44. The number of halogens is 1. The minimum atomic E-state index is -0.512. The summed E-state index contributed by atoms with van der Waals surface area (Å²) >= 11 is 3.27. The Morgan fingerprint density at radius 2 is 2.16 bits per heavy atom. The summed E-state index contributed by atoms with van der Waals surface area (Å²) in [6, 6.07) is 3.75. The molecule has 0 aromatic carbocycles. The molecule has 0 aliphatic heterocycles. The Morgan fingerprint density at radius 1 is 1.47 bits per heavy atom. The van der Waals surface area contributed by atoms with E-state index in [2.05, 4.69) is 20.9 Å². The maximum Gasteiger partial charge on any atom is 0.410 e. The third kappa shape index (κ3) is 6.02. The minimum absolute atomic E-state index is 0.360. The molecule has 0 spiro atoms. The summed E-state index contributed by atoms with van der Waals surface area (Å²) in [4.78, 5) is 17.8. The quantitative estimate of drug-likeness (QED) is 0.862. The highest BCUT2D eigenvalue weighted by Crippen LogP contribution is 2.13. The van der Waals surface area contributed by atoms with Gasteiger partial charge in [-0.2, -0.15) is 0 Å². The molecule has 0 unspecified atom stereocenters. The lowest BCUT2D eigenvalue weighted by molar-refractivity contribution is 0.0239. The molecule has 6 heteroatoms. The largest absolute Gasteiger partial charge is 0.444 e. The Bertz CT molecular complexity index is 415. The zero-order valence-electron chi connectivity index (χ0n) is 11.5. The van der Waals surface area contributed by atoms with Gasteiger partial charge >= 0.3 is 6.09 Å². The second-order valence-corrected chi connectivity index (χ2v) is 5.99. The van der Waals surface area contributed by atoms with Crippen LogP contribution in [0.3, 0.4) is 0 Å². The van der Waals surface area contributed by atoms with E-state index in [0.717, 1.165) is 10.2 Å². The lowest BCUT2D eigenvalue weighted by Crippen LogP contribution is -2.39. The van der Waals surface area contributed by atoms with Gasteiger partial charge in [-0.1, -0.05) is 6.07 Å². The van der Waals surface area contributed by atoms with E-state index in [1.165, 1.54) is 0 Å². The van der Waals surface area contributed by atoms with Crippen molar-refractivity contribution in [2.24, 2.45) is 5.73 Å². The van der Waals surface area contributed by atoms with Crippen LogP contribution < -0.4 is 5.73 Å². The van der Waals surface area contributed by atoms with Gasteiger partial charge < -0.3 is 15.4 Å². The van der Waals surface area contributed by atoms with Crippen molar-refractivity contribution in [3.05, 3.63) is 28.5 Å². The van der Waals surface area contributed by atoms with Crippen LogP contribution in [0.15, 0.2) is 22.9 Å². The molecular weight excluding hydrogens is 310 g/mol. The normalized spacial score (nSPS) is 11.2. The van der Waals surface area contributed by atoms with Gasteiger partial charge in [0.05, 0.1) is 6.54 Å². The third-order valence-electron chi connectivity index (χ3n) is 2.21. The van der Waals surface area contributed by atoms with Crippen molar-refractivity contribution in [1.82, 2.24) is 9.88 Å². The van der Waals surface area contributed by atoms with Crippen molar-refractivity contribution in [2.45, 2.75) is 32.9 Å². The summed E-state index contributed by atoms with van der Waals surface area (Å²) in [5.41, 5.74) is 5.96. The summed E-state index contributed by atoms with van der Waals surface area (Å²) in [6.07, 6.45) is 1.36. The van der Waals surface area contributed by atoms with E-state index in [4.69, 9.17) is 10.5 Å². The van der Waals surface area contributed by atoms with Crippen LogP contribution >= 0.6 is 15.9 Å². The number of rotatable bonds is 4. The monoisotopic (exact) mass is 329 g/mol. The van der Waals surface area contributed by atoms with Crippen molar-refractivity contribution in [2.75, 3.05) is 13.1 Å². The summed E-state index contributed by atoms with van der Waals surface area (Å²) in [5, 5.41) is 0. The second kappa shape index (κ2) is 6.86. The number of pyridine rings is 1. The Kier molecular flexibility index (Phi) is 5.75. The number of carbonyl (C=O) groups is 1. The molecule has 19 heavy (non-hydrogen) atoms. The molecule has 0 bridgehead atoms. The predicted molar refractivity (Wildman–Crippen MR) is 77.6 cm³/mol. The van der Waals surface area contributed by atoms with Gasteiger partial charge in [0.25, 0.3) is 0 Å². The van der Waals surface area contributed by atoms with E-state index in [-0.39, 0.29) is 6.09 Å². The fourth-order valence-corrected chi connectivity index (χ4v) is 1.67. The van der Waals surface area contributed by atoms with Gasteiger partial charge in [0.1, 0.15) is 10.2 Å². The van der Waals surface area contributed by atoms with Crippen LogP contribution in [0, 0.1) is 0 Å². The van der Waals surface area contributed by atoms with E-state index in [1.54, 1.807) is 11.1 Å². The van der Waals surface area contributed by atoms with Crippen molar-refractivity contribution in [3.8, 4) is 0 Å². The number of hydrogen-bond acceptors (Lipinski definition) is 4. The van der Waals surface area contributed by atoms with Gasteiger partial charge in [0.15, 0.2) is 0 Å². The number of nitrogens with zero attached hydrogens (tertiary/aromatic N) is 2. The van der Waals surface area contributed by atoms with Crippen LogP contribution in [0.5, 0.6) is 0 Å². The summed E-state index contributed by atoms with van der Waals surface area (Å²) in [7, 11) is 0. The smallest absolute Gasteiger partial charge is 0.410 e. The van der Waals surface area contributed by atoms with Crippen molar-refractivity contribution in [1.29, 1.82) is 0 Å². The maximum absolute atomic E-state index is 12.0. The van der Waals surface area contributed by atoms with Gasteiger partial charge in [-0.05, 0) is 48.3 Å². The number of amides is 1. The molecule has 0 radical (unpaired) electrons. The Morgan fingerprint density at radius 3 is 2.63 bits per heavy atom. The summed E-state index contributed by atoms with van der Waals surface area (Å²) < 4.78 is 6.11.